The predicted molar refractivity (Wildman–Crippen MR) is 93.3 cm³/mol. The van der Waals surface area contributed by atoms with Crippen molar-refractivity contribution in [2.45, 2.75) is 32.3 Å². The van der Waals surface area contributed by atoms with Crippen LogP contribution in [0.5, 0.6) is 11.5 Å². The van der Waals surface area contributed by atoms with E-state index in [-0.39, 0.29) is 35.9 Å². The number of ketones is 1. The monoisotopic (exact) mass is 362 g/mol. The fourth-order valence-electron chi connectivity index (χ4n) is 3.76. The number of hydrogen-bond donors (Lipinski definition) is 1. The lowest BCUT2D eigenvalue weighted by Gasteiger charge is -2.38. The largest absolute Gasteiger partial charge is 0.504 e. The molecule has 0 saturated carbocycles. The third-order valence-corrected chi connectivity index (χ3v) is 5.20. The maximum Gasteiger partial charge on any atom is 0.189 e. The molecule has 0 amide bonds. The van der Waals surface area contributed by atoms with E-state index in [9.17, 15) is 14.3 Å². The van der Waals surface area contributed by atoms with Crippen molar-refractivity contribution in [1.82, 2.24) is 0 Å². The molecule has 140 valence electrons. The summed E-state index contributed by atoms with van der Waals surface area (Å²) < 4.78 is 30.8. The zero-order valence-electron chi connectivity index (χ0n) is 15.1. The molecule has 5 nitrogen and oxygen atoms in total. The summed E-state index contributed by atoms with van der Waals surface area (Å²) in [7, 11) is 1.37. The maximum atomic E-state index is 14.4. The molecule has 1 aliphatic heterocycles. The number of carbonyl (C=O) groups is 1. The van der Waals surface area contributed by atoms with Crippen LogP contribution >= 0.6 is 0 Å². The Morgan fingerprint density at radius 1 is 1.50 bits per heavy atom. The van der Waals surface area contributed by atoms with Crippen LogP contribution in [0.3, 0.4) is 0 Å². The quantitative estimate of drug-likeness (QED) is 0.812. The van der Waals surface area contributed by atoms with Gasteiger partial charge in [-0.05, 0) is 37.3 Å². The molecule has 1 N–H and O–H groups in total. The van der Waals surface area contributed by atoms with E-state index in [0.29, 0.717) is 24.2 Å². The Bertz CT molecular complexity index is 770. The molecule has 1 saturated heterocycles. The molecule has 3 atom stereocenters. The van der Waals surface area contributed by atoms with Crippen molar-refractivity contribution in [1.29, 1.82) is 0 Å². The molecule has 1 fully saturated rings. The van der Waals surface area contributed by atoms with E-state index in [1.165, 1.54) is 25.3 Å². The molecule has 1 aromatic carbocycles. The van der Waals surface area contributed by atoms with Gasteiger partial charge in [0.25, 0.3) is 0 Å². The normalized spacial score (nSPS) is 26.4. The summed E-state index contributed by atoms with van der Waals surface area (Å²) in [4.78, 5) is 12.2. The number of carbonyl (C=O) groups excluding carboxylic acids is 1. The molecule has 0 spiro atoms. The highest BCUT2D eigenvalue weighted by Gasteiger charge is 2.51. The van der Waals surface area contributed by atoms with Gasteiger partial charge < -0.3 is 19.3 Å². The fraction of sp³-hybridized carbons (Fsp3) is 0.450. The van der Waals surface area contributed by atoms with Crippen molar-refractivity contribution < 1.29 is 28.5 Å². The van der Waals surface area contributed by atoms with Gasteiger partial charge in [-0.15, -0.1) is 0 Å². The predicted octanol–water partition coefficient (Wildman–Crippen LogP) is 3.51. The van der Waals surface area contributed by atoms with E-state index in [1.807, 2.05) is 26.0 Å². The summed E-state index contributed by atoms with van der Waals surface area (Å²) in [6.07, 6.45) is 5.97. The second kappa shape index (κ2) is 7.11. The summed E-state index contributed by atoms with van der Waals surface area (Å²) in [5.74, 6) is -0.438. The van der Waals surface area contributed by atoms with Crippen LogP contribution in [-0.4, -0.2) is 30.4 Å². The third-order valence-electron chi connectivity index (χ3n) is 5.20. The summed E-state index contributed by atoms with van der Waals surface area (Å²) >= 11 is 0. The van der Waals surface area contributed by atoms with E-state index >= 15 is 0 Å². The van der Waals surface area contributed by atoms with Gasteiger partial charge in [0.15, 0.2) is 24.1 Å². The van der Waals surface area contributed by atoms with E-state index in [1.54, 1.807) is 0 Å². The molecule has 6 heteroatoms. The van der Waals surface area contributed by atoms with Gasteiger partial charge in [0, 0.05) is 18.1 Å². The lowest BCUT2D eigenvalue weighted by atomic mass is 9.72. The molecular formula is C20H23FO5. The number of hydrogen-bond acceptors (Lipinski definition) is 5. The molecule has 0 radical (unpaired) electrons. The first-order chi connectivity index (χ1) is 12.4. The first-order valence-electron chi connectivity index (χ1n) is 8.62. The number of allylic oxidation sites excluding steroid dienone is 3. The van der Waals surface area contributed by atoms with Crippen molar-refractivity contribution in [2.75, 3.05) is 13.9 Å². The summed E-state index contributed by atoms with van der Waals surface area (Å²) in [6, 6.07) is 2.54. The number of phenolic OH excluding ortho intramolecular Hbond substituents is 1. The van der Waals surface area contributed by atoms with Crippen LogP contribution in [0.1, 0.15) is 25.8 Å². The number of phenols is 1. The number of methoxy groups -OCH3 is 1. The van der Waals surface area contributed by atoms with Crippen LogP contribution < -0.4 is 4.74 Å². The maximum absolute atomic E-state index is 14.4. The van der Waals surface area contributed by atoms with Crippen LogP contribution in [0.25, 0.3) is 0 Å². The molecule has 0 unspecified atom stereocenters. The zero-order valence-corrected chi connectivity index (χ0v) is 15.1. The molecule has 2 aliphatic rings. The Balaban J connectivity index is 1.91. The lowest BCUT2D eigenvalue weighted by molar-refractivity contribution is -0.121. The molecule has 1 aliphatic carbocycles. The first kappa shape index (κ1) is 18.5. The van der Waals surface area contributed by atoms with Crippen LogP contribution in [0, 0.1) is 17.7 Å². The smallest absolute Gasteiger partial charge is 0.189 e. The number of rotatable bonds is 5. The van der Waals surface area contributed by atoms with Gasteiger partial charge in [-0.1, -0.05) is 19.1 Å². The molecule has 3 rings (SSSR count). The fourth-order valence-corrected chi connectivity index (χ4v) is 3.76. The van der Waals surface area contributed by atoms with Crippen molar-refractivity contribution in [3.63, 3.8) is 0 Å². The van der Waals surface area contributed by atoms with Crippen LogP contribution in [0.15, 0.2) is 36.1 Å². The lowest BCUT2D eigenvalue weighted by Crippen LogP contribution is -2.44. The Morgan fingerprint density at radius 3 is 2.96 bits per heavy atom. The van der Waals surface area contributed by atoms with Gasteiger partial charge in [0.05, 0.1) is 7.11 Å². The summed E-state index contributed by atoms with van der Waals surface area (Å²) in [6.45, 7) is 3.87. The average molecular weight is 362 g/mol. The number of aromatic hydroxyl groups is 1. The number of ether oxygens (including phenoxy) is 3. The first-order valence-corrected chi connectivity index (χ1v) is 8.62. The molecule has 0 bridgehead atoms. The van der Waals surface area contributed by atoms with E-state index in [2.05, 4.69) is 0 Å². The van der Waals surface area contributed by atoms with Crippen molar-refractivity contribution in [3.05, 3.63) is 47.5 Å². The van der Waals surface area contributed by atoms with E-state index < -0.39 is 11.4 Å². The van der Waals surface area contributed by atoms with Crippen molar-refractivity contribution in [2.24, 2.45) is 11.8 Å². The molecule has 26 heavy (non-hydrogen) atoms. The Labute approximate surface area is 152 Å². The standard InChI is InChI=1S/C20H23FO5/c1-4-5-13-10-20(19(9-16(13)22)25-11-26-20)12(2)6-14-7-17(23)18(24-3)8-15(14)21/h4-5,7-9,12-13,23H,6,10-11H2,1-3H3/b5-4+/t12-,13+,20-/m1/s1. The minimum absolute atomic E-state index is 0.0142. The minimum Gasteiger partial charge on any atom is -0.504 e. The van der Waals surface area contributed by atoms with Crippen molar-refractivity contribution in [3.8, 4) is 11.5 Å². The number of halogens is 1. The molecule has 1 aromatic rings. The van der Waals surface area contributed by atoms with Gasteiger partial charge >= 0.3 is 0 Å². The molecular weight excluding hydrogens is 339 g/mol. The van der Waals surface area contributed by atoms with Gasteiger partial charge in [-0.2, -0.15) is 0 Å². The highest BCUT2D eigenvalue weighted by molar-refractivity contribution is 5.95. The topological polar surface area (TPSA) is 65.0 Å². The van der Waals surface area contributed by atoms with Crippen LogP contribution in [0.2, 0.25) is 0 Å². The SMILES string of the molecule is C/C=C/[C@H]1C[C@]2([C@H](C)Cc3cc(O)c(OC)cc3F)OCOC2=CC1=O. The summed E-state index contributed by atoms with van der Waals surface area (Å²) in [5.41, 5.74) is -0.417. The second-order valence-electron chi connectivity index (χ2n) is 6.76. The zero-order chi connectivity index (χ0) is 18.9. The van der Waals surface area contributed by atoms with Crippen molar-refractivity contribution >= 4 is 5.78 Å². The van der Waals surface area contributed by atoms with Gasteiger partial charge in [-0.3, -0.25) is 4.79 Å². The highest BCUT2D eigenvalue weighted by Crippen LogP contribution is 2.46. The number of benzene rings is 1. The van der Waals surface area contributed by atoms with Crippen LogP contribution in [-0.2, 0) is 20.7 Å². The Kier molecular flexibility index (Phi) is 5.05. The third kappa shape index (κ3) is 3.09. The molecule has 0 aromatic heterocycles. The van der Waals surface area contributed by atoms with Gasteiger partial charge in [0.2, 0.25) is 0 Å². The Hall–Kier alpha value is -2.34. The van der Waals surface area contributed by atoms with E-state index in [0.717, 1.165) is 0 Å². The van der Waals surface area contributed by atoms with Gasteiger partial charge in [0.1, 0.15) is 17.2 Å². The highest BCUT2D eigenvalue weighted by atomic mass is 19.1. The van der Waals surface area contributed by atoms with E-state index in [4.69, 9.17) is 14.2 Å². The Morgan fingerprint density at radius 2 is 2.27 bits per heavy atom. The summed E-state index contributed by atoms with van der Waals surface area (Å²) in [5, 5.41) is 9.96. The van der Waals surface area contributed by atoms with Crippen LogP contribution in [0.4, 0.5) is 4.39 Å². The number of fused-ring (bicyclic) bond motifs is 1. The average Bonchev–Trinajstić information content (AvgIpc) is 3.02. The molecule has 1 heterocycles. The second-order valence-corrected chi connectivity index (χ2v) is 6.76. The minimum atomic E-state index is -0.778. The van der Waals surface area contributed by atoms with Gasteiger partial charge in [-0.25, -0.2) is 4.39 Å².